The molecule has 22 heavy (non-hydrogen) atoms. The lowest BCUT2D eigenvalue weighted by Crippen LogP contribution is -2.57. The van der Waals surface area contributed by atoms with Gasteiger partial charge in [-0.3, -0.25) is 4.79 Å². The third kappa shape index (κ3) is 4.45. The summed E-state index contributed by atoms with van der Waals surface area (Å²) in [6.45, 7) is 7.06. The minimum absolute atomic E-state index is 0. The lowest BCUT2D eigenvalue weighted by molar-refractivity contribution is -0.150. The molecule has 1 fully saturated rings. The average molecular weight is 327 g/mol. The van der Waals surface area contributed by atoms with Crippen molar-refractivity contribution >= 4 is 18.3 Å². The number of hydrogen-bond donors (Lipinski definition) is 1. The fourth-order valence-electron chi connectivity index (χ4n) is 2.96. The van der Waals surface area contributed by atoms with Crippen molar-refractivity contribution in [1.82, 2.24) is 4.90 Å². The Morgan fingerprint density at radius 1 is 1.36 bits per heavy atom. The molecule has 0 aliphatic carbocycles. The van der Waals surface area contributed by atoms with Crippen molar-refractivity contribution in [2.75, 3.05) is 13.1 Å². The van der Waals surface area contributed by atoms with Gasteiger partial charge in [-0.05, 0) is 25.8 Å². The van der Waals surface area contributed by atoms with Crippen LogP contribution in [0.3, 0.4) is 0 Å². The van der Waals surface area contributed by atoms with Gasteiger partial charge in [0.05, 0.1) is 18.2 Å². The second-order valence-electron chi connectivity index (χ2n) is 6.22. The van der Waals surface area contributed by atoms with Gasteiger partial charge in [-0.15, -0.1) is 12.4 Å². The Bertz CT molecular complexity index is 479. The molecule has 124 valence electrons. The van der Waals surface area contributed by atoms with Crippen LogP contribution in [-0.2, 0) is 9.53 Å². The Hall–Kier alpha value is -1.10. The molecule has 0 bridgehead atoms. The monoisotopic (exact) mass is 326 g/mol. The molecule has 4 nitrogen and oxygen atoms in total. The fourth-order valence-corrected chi connectivity index (χ4v) is 2.96. The maximum absolute atomic E-state index is 12.7. The van der Waals surface area contributed by atoms with Gasteiger partial charge in [-0.2, -0.15) is 0 Å². The predicted molar refractivity (Wildman–Crippen MR) is 91.1 cm³/mol. The zero-order chi connectivity index (χ0) is 15.5. The van der Waals surface area contributed by atoms with E-state index in [1.807, 2.05) is 56.0 Å². The highest BCUT2D eigenvalue weighted by Gasteiger charge is 2.36. The molecule has 1 aliphatic rings. The van der Waals surface area contributed by atoms with E-state index in [1.165, 1.54) is 0 Å². The summed E-state index contributed by atoms with van der Waals surface area (Å²) in [5.41, 5.74) is 6.52. The molecular formula is C17H27ClN2O2. The largest absolute Gasteiger partial charge is 0.367 e. The summed E-state index contributed by atoms with van der Waals surface area (Å²) in [5, 5.41) is 0. The first-order chi connectivity index (χ1) is 9.94. The Balaban J connectivity index is 0.00000242. The molecule has 1 heterocycles. The van der Waals surface area contributed by atoms with E-state index < -0.39 is 5.54 Å². The highest BCUT2D eigenvalue weighted by atomic mass is 35.5. The van der Waals surface area contributed by atoms with Crippen LogP contribution in [0.15, 0.2) is 30.3 Å². The van der Waals surface area contributed by atoms with E-state index in [9.17, 15) is 4.79 Å². The molecule has 1 aromatic rings. The topological polar surface area (TPSA) is 55.6 Å². The van der Waals surface area contributed by atoms with E-state index in [0.29, 0.717) is 19.5 Å². The number of nitrogens with two attached hydrogens (primary N) is 1. The quantitative estimate of drug-likeness (QED) is 0.925. The first-order valence-electron chi connectivity index (χ1n) is 7.72. The van der Waals surface area contributed by atoms with Crippen LogP contribution in [0.1, 0.15) is 45.3 Å². The number of rotatable bonds is 4. The van der Waals surface area contributed by atoms with E-state index in [1.54, 1.807) is 0 Å². The van der Waals surface area contributed by atoms with Gasteiger partial charge in [0.25, 0.3) is 0 Å². The molecule has 0 aromatic heterocycles. The summed E-state index contributed by atoms with van der Waals surface area (Å²) in [7, 11) is 0. The second kappa shape index (κ2) is 7.95. The van der Waals surface area contributed by atoms with Crippen LogP contribution >= 0.6 is 12.4 Å². The lowest BCUT2D eigenvalue weighted by Gasteiger charge is -2.40. The third-order valence-electron chi connectivity index (χ3n) is 3.98. The molecule has 1 amide bonds. The first kappa shape index (κ1) is 18.9. The number of nitrogens with zero attached hydrogens (tertiary/aromatic N) is 1. The van der Waals surface area contributed by atoms with E-state index >= 15 is 0 Å². The predicted octanol–water partition coefficient (Wildman–Crippen LogP) is 2.91. The number of halogens is 1. The Labute approximate surface area is 139 Å². The van der Waals surface area contributed by atoms with Gasteiger partial charge in [0.1, 0.15) is 6.10 Å². The zero-order valence-electron chi connectivity index (χ0n) is 13.6. The summed E-state index contributed by atoms with van der Waals surface area (Å²) in [6.07, 6.45) is 1.55. The molecule has 1 aliphatic heterocycles. The standard InChI is InChI=1S/C17H26N2O2.ClH/c1-4-10-17(3,18)16(20)19-11-13(2)21-15(12-19)14-8-6-5-7-9-14;/h5-9,13,15H,4,10-12,18H2,1-3H3;1H. The Morgan fingerprint density at radius 2 is 2.00 bits per heavy atom. The van der Waals surface area contributed by atoms with Crippen molar-refractivity contribution in [3.63, 3.8) is 0 Å². The second-order valence-corrected chi connectivity index (χ2v) is 6.22. The van der Waals surface area contributed by atoms with Gasteiger partial charge < -0.3 is 15.4 Å². The molecule has 5 heteroatoms. The summed E-state index contributed by atoms with van der Waals surface area (Å²) in [5.74, 6) is 0.0282. The van der Waals surface area contributed by atoms with Gasteiger partial charge in [0.15, 0.2) is 0 Å². The molecule has 2 N–H and O–H groups in total. The van der Waals surface area contributed by atoms with Gasteiger partial charge in [0, 0.05) is 6.54 Å². The van der Waals surface area contributed by atoms with Gasteiger partial charge in [-0.25, -0.2) is 0 Å². The molecule has 3 unspecified atom stereocenters. The van der Waals surface area contributed by atoms with E-state index in [4.69, 9.17) is 10.5 Å². The third-order valence-corrected chi connectivity index (χ3v) is 3.98. The van der Waals surface area contributed by atoms with Crippen molar-refractivity contribution < 1.29 is 9.53 Å². The molecule has 1 saturated heterocycles. The number of benzene rings is 1. The summed E-state index contributed by atoms with van der Waals surface area (Å²) >= 11 is 0. The fraction of sp³-hybridized carbons (Fsp3) is 0.588. The molecule has 0 radical (unpaired) electrons. The number of hydrogen-bond acceptors (Lipinski definition) is 3. The molecule has 0 spiro atoms. The summed E-state index contributed by atoms with van der Waals surface area (Å²) < 4.78 is 5.99. The minimum Gasteiger partial charge on any atom is -0.367 e. The minimum atomic E-state index is -0.785. The summed E-state index contributed by atoms with van der Waals surface area (Å²) in [4.78, 5) is 14.5. The molecule has 2 rings (SSSR count). The van der Waals surface area contributed by atoms with Crippen molar-refractivity contribution in [3.8, 4) is 0 Å². The van der Waals surface area contributed by atoms with Crippen molar-refractivity contribution in [2.24, 2.45) is 5.73 Å². The number of amides is 1. The summed E-state index contributed by atoms with van der Waals surface area (Å²) in [6, 6.07) is 10.1. The molecule has 3 atom stereocenters. The first-order valence-corrected chi connectivity index (χ1v) is 7.72. The Kier molecular flexibility index (Phi) is 6.85. The maximum Gasteiger partial charge on any atom is 0.242 e. The van der Waals surface area contributed by atoms with Gasteiger partial charge in [0.2, 0.25) is 5.91 Å². The number of ether oxygens (including phenoxy) is 1. The molecule has 1 aromatic carbocycles. The number of carbonyl (C=O) groups excluding carboxylic acids is 1. The van der Waals surface area contributed by atoms with Crippen LogP contribution in [0.2, 0.25) is 0 Å². The highest BCUT2D eigenvalue weighted by molar-refractivity contribution is 5.86. The normalized spacial score (nSPS) is 24.3. The van der Waals surface area contributed by atoms with Crippen molar-refractivity contribution in [1.29, 1.82) is 0 Å². The lowest BCUT2D eigenvalue weighted by atomic mass is 9.94. The van der Waals surface area contributed by atoms with Gasteiger partial charge >= 0.3 is 0 Å². The molecular weight excluding hydrogens is 300 g/mol. The van der Waals surface area contributed by atoms with Crippen LogP contribution in [0.5, 0.6) is 0 Å². The van der Waals surface area contributed by atoms with Crippen molar-refractivity contribution in [2.45, 2.75) is 51.4 Å². The number of morpholine rings is 1. The van der Waals surface area contributed by atoms with Crippen LogP contribution in [-0.4, -0.2) is 35.5 Å². The average Bonchev–Trinajstić information content (AvgIpc) is 2.46. The SMILES string of the molecule is CCCC(C)(N)C(=O)N1CC(C)OC(c2ccccc2)C1.Cl. The highest BCUT2D eigenvalue weighted by Crippen LogP contribution is 2.26. The van der Waals surface area contributed by atoms with E-state index in [2.05, 4.69) is 0 Å². The van der Waals surface area contributed by atoms with Crippen LogP contribution < -0.4 is 5.73 Å². The Morgan fingerprint density at radius 3 is 2.59 bits per heavy atom. The van der Waals surface area contributed by atoms with Crippen LogP contribution in [0.25, 0.3) is 0 Å². The smallest absolute Gasteiger partial charge is 0.242 e. The van der Waals surface area contributed by atoms with Crippen LogP contribution in [0, 0.1) is 0 Å². The molecule has 0 saturated carbocycles. The van der Waals surface area contributed by atoms with E-state index in [0.717, 1.165) is 12.0 Å². The van der Waals surface area contributed by atoms with Crippen molar-refractivity contribution in [3.05, 3.63) is 35.9 Å². The van der Waals surface area contributed by atoms with Crippen LogP contribution in [0.4, 0.5) is 0 Å². The van der Waals surface area contributed by atoms with Gasteiger partial charge in [-0.1, -0.05) is 43.7 Å². The number of carbonyl (C=O) groups is 1. The maximum atomic E-state index is 12.7. The zero-order valence-corrected chi connectivity index (χ0v) is 14.4. The van der Waals surface area contributed by atoms with E-state index in [-0.39, 0.29) is 30.5 Å².